The van der Waals surface area contributed by atoms with E-state index in [4.69, 9.17) is 0 Å². The third kappa shape index (κ3) is 2.92. The molecule has 0 radical (unpaired) electrons. The number of likely N-dealkylation sites (tertiary alicyclic amines) is 1. The zero-order chi connectivity index (χ0) is 13.8. The van der Waals surface area contributed by atoms with Gasteiger partial charge in [-0.05, 0) is 24.4 Å². The van der Waals surface area contributed by atoms with Gasteiger partial charge in [-0.25, -0.2) is 4.98 Å². The zero-order valence-electron chi connectivity index (χ0n) is 11.6. The molecule has 1 saturated heterocycles. The van der Waals surface area contributed by atoms with Crippen LogP contribution < -0.4 is 0 Å². The molecule has 1 aliphatic rings. The van der Waals surface area contributed by atoms with Crippen LogP contribution in [0.3, 0.4) is 0 Å². The molecule has 0 unspecified atom stereocenters. The fourth-order valence-electron chi connectivity index (χ4n) is 3.17. The predicted molar refractivity (Wildman–Crippen MR) is 78.2 cm³/mol. The summed E-state index contributed by atoms with van der Waals surface area (Å²) in [5.41, 5.74) is 1.35. The number of imidazole rings is 1. The molecule has 2 aromatic rings. The summed E-state index contributed by atoms with van der Waals surface area (Å²) < 4.78 is 0. The Morgan fingerprint density at radius 3 is 2.85 bits per heavy atom. The number of benzene rings is 1. The average molecular weight is 271 g/mol. The molecular formula is C16H21N3O. The lowest BCUT2D eigenvalue weighted by molar-refractivity contribution is 0.0957. The highest BCUT2D eigenvalue weighted by atomic mass is 16.3. The number of rotatable bonds is 4. The topological polar surface area (TPSA) is 52.1 Å². The van der Waals surface area contributed by atoms with E-state index in [0.29, 0.717) is 11.8 Å². The van der Waals surface area contributed by atoms with E-state index in [9.17, 15) is 5.11 Å². The fraction of sp³-hybridized carbons (Fsp3) is 0.438. The van der Waals surface area contributed by atoms with Crippen LogP contribution in [0.4, 0.5) is 0 Å². The lowest BCUT2D eigenvalue weighted by atomic mass is 9.81. The van der Waals surface area contributed by atoms with Gasteiger partial charge in [-0.1, -0.05) is 30.3 Å². The molecule has 0 spiro atoms. The van der Waals surface area contributed by atoms with Gasteiger partial charge in [0, 0.05) is 31.5 Å². The summed E-state index contributed by atoms with van der Waals surface area (Å²) in [5.74, 6) is 1.77. The SMILES string of the molecule is OC[C@H]1CN(Cc2ncc[nH]2)CC[C@H]1c1ccccc1. The molecule has 20 heavy (non-hydrogen) atoms. The molecule has 0 aliphatic carbocycles. The summed E-state index contributed by atoms with van der Waals surface area (Å²) in [6.07, 6.45) is 4.74. The number of hydrogen-bond donors (Lipinski definition) is 2. The molecule has 1 fully saturated rings. The van der Waals surface area contributed by atoms with Gasteiger partial charge >= 0.3 is 0 Å². The maximum Gasteiger partial charge on any atom is 0.120 e. The number of aliphatic hydroxyl groups excluding tert-OH is 1. The van der Waals surface area contributed by atoms with Crippen molar-refractivity contribution in [3.8, 4) is 0 Å². The first-order chi connectivity index (χ1) is 9.86. The molecule has 3 rings (SSSR count). The largest absolute Gasteiger partial charge is 0.396 e. The van der Waals surface area contributed by atoms with Crippen molar-refractivity contribution >= 4 is 0 Å². The van der Waals surface area contributed by atoms with Gasteiger partial charge in [-0.15, -0.1) is 0 Å². The summed E-state index contributed by atoms with van der Waals surface area (Å²) in [6.45, 7) is 3.06. The van der Waals surface area contributed by atoms with Crippen LogP contribution in [0.25, 0.3) is 0 Å². The molecule has 0 bridgehead atoms. The van der Waals surface area contributed by atoms with E-state index >= 15 is 0 Å². The minimum absolute atomic E-state index is 0.244. The Balaban J connectivity index is 1.67. The van der Waals surface area contributed by atoms with Crippen molar-refractivity contribution in [1.82, 2.24) is 14.9 Å². The van der Waals surface area contributed by atoms with Crippen LogP contribution in [0.1, 0.15) is 23.7 Å². The van der Waals surface area contributed by atoms with E-state index in [1.807, 2.05) is 12.3 Å². The normalized spacial score (nSPS) is 23.9. The lowest BCUT2D eigenvalue weighted by Gasteiger charge is -2.37. The van der Waals surface area contributed by atoms with Gasteiger partial charge in [0.15, 0.2) is 0 Å². The molecule has 2 heterocycles. The van der Waals surface area contributed by atoms with Crippen molar-refractivity contribution in [2.45, 2.75) is 18.9 Å². The highest BCUT2D eigenvalue weighted by Gasteiger charge is 2.29. The van der Waals surface area contributed by atoms with Crippen LogP contribution in [0.15, 0.2) is 42.7 Å². The van der Waals surface area contributed by atoms with Crippen LogP contribution in [0.2, 0.25) is 0 Å². The smallest absolute Gasteiger partial charge is 0.120 e. The molecule has 2 atom stereocenters. The van der Waals surface area contributed by atoms with Crippen LogP contribution in [-0.2, 0) is 6.54 Å². The fourth-order valence-corrected chi connectivity index (χ4v) is 3.17. The van der Waals surface area contributed by atoms with E-state index in [0.717, 1.165) is 31.9 Å². The van der Waals surface area contributed by atoms with Crippen LogP contribution in [-0.4, -0.2) is 39.7 Å². The van der Waals surface area contributed by atoms with Gasteiger partial charge in [0.05, 0.1) is 6.54 Å². The van der Waals surface area contributed by atoms with Gasteiger partial charge in [-0.2, -0.15) is 0 Å². The number of aliphatic hydroxyl groups is 1. The van der Waals surface area contributed by atoms with E-state index < -0.39 is 0 Å². The third-order valence-corrected chi connectivity index (χ3v) is 4.21. The van der Waals surface area contributed by atoms with Gasteiger partial charge in [0.25, 0.3) is 0 Å². The van der Waals surface area contributed by atoms with Gasteiger partial charge in [0.2, 0.25) is 0 Å². The number of hydrogen-bond acceptors (Lipinski definition) is 3. The Morgan fingerprint density at radius 2 is 2.15 bits per heavy atom. The summed E-state index contributed by atoms with van der Waals surface area (Å²) in [5, 5.41) is 9.72. The molecule has 4 heteroatoms. The standard InChI is InChI=1S/C16H21N3O/c20-12-14-10-19(11-16-17-7-8-18-16)9-6-15(14)13-4-2-1-3-5-13/h1-5,7-8,14-15,20H,6,9-12H2,(H,17,18)/t14-,15+/m1/s1. The number of nitrogens with zero attached hydrogens (tertiary/aromatic N) is 2. The Labute approximate surface area is 119 Å². The van der Waals surface area contributed by atoms with E-state index in [1.165, 1.54) is 5.56 Å². The maximum atomic E-state index is 9.72. The Bertz CT molecular complexity index is 512. The Kier molecular flexibility index (Phi) is 4.14. The zero-order valence-corrected chi connectivity index (χ0v) is 11.6. The van der Waals surface area contributed by atoms with E-state index in [-0.39, 0.29) is 6.61 Å². The van der Waals surface area contributed by atoms with Crippen molar-refractivity contribution in [2.75, 3.05) is 19.7 Å². The minimum atomic E-state index is 0.244. The Morgan fingerprint density at radius 1 is 1.30 bits per heavy atom. The second kappa shape index (κ2) is 6.20. The number of aromatic nitrogens is 2. The molecule has 4 nitrogen and oxygen atoms in total. The van der Waals surface area contributed by atoms with Crippen molar-refractivity contribution < 1.29 is 5.11 Å². The second-order valence-corrected chi connectivity index (χ2v) is 5.52. The predicted octanol–water partition coefficient (Wildman–Crippen LogP) is 2.01. The molecule has 106 valence electrons. The number of nitrogens with one attached hydrogen (secondary N) is 1. The van der Waals surface area contributed by atoms with Crippen LogP contribution in [0.5, 0.6) is 0 Å². The number of aromatic amines is 1. The summed E-state index contributed by atoms with van der Waals surface area (Å²) >= 11 is 0. The summed E-state index contributed by atoms with van der Waals surface area (Å²) in [4.78, 5) is 9.80. The average Bonchev–Trinajstić information content (AvgIpc) is 3.01. The third-order valence-electron chi connectivity index (χ3n) is 4.21. The lowest BCUT2D eigenvalue weighted by Crippen LogP contribution is -2.40. The Hall–Kier alpha value is -1.65. The van der Waals surface area contributed by atoms with Crippen LogP contribution in [0, 0.1) is 5.92 Å². The summed E-state index contributed by atoms with van der Waals surface area (Å²) in [6, 6.07) is 10.6. The number of piperidine rings is 1. The highest BCUT2D eigenvalue weighted by Crippen LogP contribution is 2.33. The molecule has 1 aliphatic heterocycles. The maximum absolute atomic E-state index is 9.72. The summed E-state index contributed by atoms with van der Waals surface area (Å²) in [7, 11) is 0. The van der Waals surface area contributed by atoms with Gasteiger partial charge in [0.1, 0.15) is 5.82 Å². The highest BCUT2D eigenvalue weighted by molar-refractivity contribution is 5.21. The molecular weight excluding hydrogens is 250 g/mol. The molecule has 0 saturated carbocycles. The first-order valence-corrected chi connectivity index (χ1v) is 7.23. The number of H-pyrrole nitrogens is 1. The minimum Gasteiger partial charge on any atom is -0.396 e. The van der Waals surface area contributed by atoms with Crippen molar-refractivity contribution in [2.24, 2.45) is 5.92 Å². The van der Waals surface area contributed by atoms with E-state index in [1.54, 1.807) is 6.20 Å². The van der Waals surface area contributed by atoms with Crippen molar-refractivity contribution in [3.05, 3.63) is 54.1 Å². The van der Waals surface area contributed by atoms with Crippen molar-refractivity contribution in [3.63, 3.8) is 0 Å². The van der Waals surface area contributed by atoms with Crippen molar-refractivity contribution in [1.29, 1.82) is 0 Å². The first kappa shape index (κ1) is 13.3. The quantitative estimate of drug-likeness (QED) is 0.894. The van der Waals surface area contributed by atoms with Gasteiger partial charge in [-0.3, -0.25) is 4.90 Å². The molecule has 2 N–H and O–H groups in total. The van der Waals surface area contributed by atoms with E-state index in [2.05, 4.69) is 39.1 Å². The van der Waals surface area contributed by atoms with Gasteiger partial charge < -0.3 is 10.1 Å². The first-order valence-electron chi connectivity index (χ1n) is 7.23. The monoisotopic (exact) mass is 271 g/mol. The van der Waals surface area contributed by atoms with Crippen LogP contribution >= 0.6 is 0 Å². The molecule has 1 aromatic heterocycles. The molecule has 0 amide bonds. The second-order valence-electron chi connectivity index (χ2n) is 5.52. The molecule has 1 aromatic carbocycles.